The Bertz CT molecular complexity index is 383. The van der Waals surface area contributed by atoms with E-state index >= 15 is 0 Å². The number of benzene rings is 1. The summed E-state index contributed by atoms with van der Waals surface area (Å²) in [7, 11) is -2.17. The predicted octanol–water partition coefficient (Wildman–Crippen LogP) is 5.47. The molecule has 0 aromatic heterocycles. The van der Waals surface area contributed by atoms with Crippen molar-refractivity contribution in [3.05, 3.63) is 46.8 Å². The highest BCUT2D eigenvalue weighted by molar-refractivity contribution is 6.81. The maximum Gasteiger partial charge on any atom is 0.0687 e. The summed E-state index contributed by atoms with van der Waals surface area (Å²) in [4.78, 5) is 0. The average molecular weight is 275 g/mol. The van der Waals surface area contributed by atoms with Gasteiger partial charge in [-0.3, -0.25) is 0 Å². The summed E-state index contributed by atoms with van der Waals surface area (Å²) in [6.45, 7) is 14.1. The lowest BCUT2D eigenvalue weighted by atomic mass is 10.1. The maximum absolute atomic E-state index is 2.39. The van der Waals surface area contributed by atoms with Crippen LogP contribution in [0.3, 0.4) is 0 Å². The molecule has 0 saturated heterocycles. The van der Waals surface area contributed by atoms with E-state index in [-0.39, 0.29) is 0 Å². The molecule has 0 aliphatic carbocycles. The first-order chi connectivity index (χ1) is 8.16. The zero-order chi connectivity index (χ0) is 13.8. The van der Waals surface area contributed by atoms with Crippen LogP contribution in [-0.2, 0) is 0 Å². The zero-order valence-electron chi connectivity index (χ0n) is 12.6. The zero-order valence-corrected chi connectivity index (χ0v) is 14.6. The molecule has 0 nitrogen and oxygen atoms in total. The van der Waals surface area contributed by atoms with Crippen molar-refractivity contribution in [3.63, 3.8) is 0 Å². The Morgan fingerprint density at radius 2 is 0.889 bits per heavy atom. The Balaban J connectivity index is 2.75. The highest BCUT2D eigenvalue weighted by atomic mass is 28.3. The standard InChI is InChI=1S/C16H26Si2/c1-17(2,3)13-11-15-7-9-16(10-8-15)12-14-18(4,5)6/h7-14H,1-6H3/b13-11+,14-12+. The van der Waals surface area contributed by atoms with E-state index in [1.807, 2.05) is 0 Å². The van der Waals surface area contributed by atoms with Gasteiger partial charge in [0.1, 0.15) is 0 Å². The minimum absolute atomic E-state index is 1.08. The highest BCUT2D eigenvalue weighted by Gasteiger charge is 2.07. The molecule has 0 fully saturated rings. The smallest absolute Gasteiger partial charge is 0.0687 e. The highest BCUT2D eigenvalue weighted by Crippen LogP contribution is 2.12. The third-order valence-electron chi connectivity index (χ3n) is 2.49. The summed E-state index contributed by atoms with van der Waals surface area (Å²) in [5, 5.41) is 0. The van der Waals surface area contributed by atoms with Crippen molar-refractivity contribution in [1.29, 1.82) is 0 Å². The molecule has 2 heteroatoms. The van der Waals surface area contributed by atoms with Gasteiger partial charge in [0.15, 0.2) is 0 Å². The van der Waals surface area contributed by atoms with Gasteiger partial charge < -0.3 is 0 Å². The van der Waals surface area contributed by atoms with Crippen LogP contribution in [0.1, 0.15) is 11.1 Å². The van der Waals surface area contributed by atoms with E-state index in [2.05, 4.69) is 87.1 Å². The molecule has 0 heterocycles. The lowest BCUT2D eigenvalue weighted by Gasteiger charge is -2.09. The van der Waals surface area contributed by atoms with Crippen LogP contribution >= 0.6 is 0 Å². The maximum atomic E-state index is 2.39. The average Bonchev–Trinajstić information content (AvgIpc) is 2.23. The molecule has 0 N–H and O–H groups in total. The second kappa shape index (κ2) is 5.85. The number of rotatable bonds is 4. The molecule has 1 aromatic rings. The molecule has 18 heavy (non-hydrogen) atoms. The van der Waals surface area contributed by atoms with E-state index < -0.39 is 16.1 Å². The molecular weight excluding hydrogens is 248 g/mol. The van der Waals surface area contributed by atoms with Gasteiger partial charge in [0.25, 0.3) is 0 Å². The molecule has 0 amide bonds. The minimum Gasteiger partial charge on any atom is -0.0944 e. The molecule has 98 valence electrons. The van der Waals surface area contributed by atoms with Gasteiger partial charge in [0.05, 0.1) is 16.1 Å². The number of hydrogen-bond donors (Lipinski definition) is 0. The molecule has 0 aliphatic heterocycles. The molecule has 0 saturated carbocycles. The first kappa shape index (κ1) is 15.2. The van der Waals surface area contributed by atoms with Crippen LogP contribution < -0.4 is 0 Å². The van der Waals surface area contributed by atoms with Gasteiger partial charge in [-0.2, -0.15) is 0 Å². The van der Waals surface area contributed by atoms with Crippen LogP contribution in [0.15, 0.2) is 35.7 Å². The largest absolute Gasteiger partial charge is 0.0944 e. The molecule has 1 rings (SSSR count). The van der Waals surface area contributed by atoms with Crippen molar-refractivity contribution < 1.29 is 0 Å². The van der Waals surface area contributed by atoms with E-state index in [0.717, 1.165) is 0 Å². The van der Waals surface area contributed by atoms with Crippen molar-refractivity contribution in [2.24, 2.45) is 0 Å². The molecular formula is C16H26Si2. The van der Waals surface area contributed by atoms with Crippen LogP contribution in [0.2, 0.25) is 39.3 Å². The molecule has 0 atom stereocenters. The Kier molecular flexibility index (Phi) is 4.94. The minimum atomic E-state index is -1.08. The molecule has 0 bridgehead atoms. The SMILES string of the molecule is C[Si](C)(C)/C=C/c1ccc(/C=C/[Si](C)(C)C)cc1. The summed E-state index contributed by atoms with van der Waals surface area (Å²) in [6, 6.07) is 8.84. The Morgan fingerprint density at radius 1 is 0.611 bits per heavy atom. The molecule has 0 spiro atoms. The fourth-order valence-electron chi connectivity index (χ4n) is 1.41. The fraction of sp³-hybridized carbons (Fsp3) is 0.375. The summed E-state index contributed by atoms with van der Waals surface area (Å²) < 4.78 is 0. The van der Waals surface area contributed by atoms with Crippen LogP contribution in [-0.4, -0.2) is 16.1 Å². The first-order valence-corrected chi connectivity index (χ1v) is 13.8. The Hall–Kier alpha value is -0.866. The van der Waals surface area contributed by atoms with E-state index in [4.69, 9.17) is 0 Å². The third kappa shape index (κ3) is 6.77. The molecule has 0 radical (unpaired) electrons. The Morgan fingerprint density at radius 3 is 1.11 bits per heavy atom. The monoisotopic (exact) mass is 274 g/mol. The van der Waals surface area contributed by atoms with Gasteiger partial charge in [0, 0.05) is 0 Å². The van der Waals surface area contributed by atoms with Gasteiger partial charge in [0.2, 0.25) is 0 Å². The number of hydrogen-bond acceptors (Lipinski definition) is 0. The van der Waals surface area contributed by atoms with E-state index in [1.165, 1.54) is 11.1 Å². The van der Waals surface area contributed by atoms with Gasteiger partial charge in [-0.15, -0.1) is 0 Å². The van der Waals surface area contributed by atoms with Crippen LogP contribution in [0, 0.1) is 0 Å². The van der Waals surface area contributed by atoms with Crippen molar-refractivity contribution in [1.82, 2.24) is 0 Å². The first-order valence-electron chi connectivity index (χ1n) is 6.64. The summed E-state index contributed by atoms with van der Waals surface area (Å²) in [5.74, 6) is 0. The van der Waals surface area contributed by atoms with Crippen molar-refractivity contribution >= 4 is 28.3 Å². The topological polar surface area (TPSA) is 0 Å². The van der Waals surface area contributed by atoms with Crippen molar-refractivity contribution in [2.75, 3.05) is 0 Å². The lowest BCUT2D eigenvalue weighted by Crippen LogP contribution is -2.15. The van der Waals surface area contributed by atoms with Crippen molar-refractivity contribution in [2.45, 2.75) is 39.3 Å². The summed E-state index contributed by atoms with van der Waals surface area (Å²) in [5.41, 5.74) is 7.39. The van der Waals surface area contributed by atoms with E-state index in [0.29, 0.717) is 0 Å². The van der Waals surface area contributed by atoms with Gasteiger partial charge in [-0.1, -0.05) is 87.1 Å². The molecule has 0 unspecified atom stereocenters. The normalized spacial score (nSPS) is 13.7. The Labute approximate surface area is 114 Å². The van der Waals surface area contributed by atoms with Gasteiger partial charge in [-0.25, -0.2) is 0 Å². The summed E-state index contributed by atoms with van der Waals surface area (Å²) in [6.07, 6.45) is 4.52. The summed E-state index contributed by atoms with van der Waals surface area (Å²) >= 11 is 0. The lowest BCUT2D eigenvalue weighted by molar-refractivity contribution is 1.62. The predicted molar refractivity (Wildman–Crippen MR) is 91.2 cm³/mol. The fourth-order valence-corrected chi connectivity index (χ4v) is 2.80. The van der Waals surface area contributed by atoms with Crippen molar-refractivity contribution in [3.8, 4) is 0 Å². The molecule has 0 aliphatic rings. The second-order valence-electron chi connectivity index (χ2n) is 7.07. The quantitative estimate of drug-likeness (QED) is 0.639. The molecule has 1 aromatic carbocycles. The van der Waals surface area contributed by atoms with E-state index in [9.17, 15) is 0 Å². The van der Waals surface area contributed by atoms with Crippen LogP contribution in [0.5, 0.6) is 0 Å². The third-order valence-corrected chi connectivity index (χ3v) is 4.82. The van der Waals surface area contributed by atoms with E-state index in [1.54, 1.807) is 0 Å². The van der Waals surface area contributed by atoms with Crippen LogP contribution in [0.4, 0.5) is 0 Å². The van der Waals surface area contributed by atoms with Gasteiger partial charge >= 0.3 is 0 Å². The second-order valence-corrected chi connectivity index (χ2v) is 17.2. The van der Waals surface area contributed by atoms with Crippen LogP contribution in [0.25, 0.3) is 12.2 Å². The van der Waals surface area contributed by atoms with Gasteiger partial charge in [-0.05, 0) is 11.1 Å².